The van der Waals surface area contributed by atoms with Crippen molar-refractivity contribution in [1.29, 1.82) is 10.5 Å². The van der Waals surface area contributed by atoms with Crippen molar-refractivity contribution >= 4 is 54.9 Å². The summed E-state index contributed by atoms with van der Waals surface area (Å²) < 4.78 is 1.09. The summed E-state index contributed by atoms with van der Waals surface area (Å²) in [5.41, 5.74) is 11.0. The van der Waals surface area contributed by atoms with Crippen molar-refractivity contribution in [3.05, 3.63) is 54.6 Å². The molecule has 0 fully saturated rings. The number of aromatic hydroxyl groups is 1. The van der Waals surface area contributed by atoms with Crippen LogP contribution >= 0.6 is 31.9 Å². The maximum atomic E-state index is 9.90. The number of nitrogens with zero attached hydrogens (tertiary/aromatic N) is 3. The van der Waals surface area contributed by atoms with Crippen LogP contribution in [-0.4, -0.2) is 10.1 Å². The molecule has 3 rings (SSSR count). The fourth-order valence-corrected chi connectivity index (χ4v) is 4.25. The van der Waals surface area contributed by atoms with Gasteiger partial charge in [0.05, 0.1) is 25.8 Å². The van der Waals surface area contributed by atoms with Crippen LogP contribution in [0.3, 0.4) is 0 Å². The lowest BCUT2D eigenvalue weighted by atomic mass is 9.95. The van der Waals surface area contributed by atoms with Crippen LogP contribution in [0.4, 0.5) is 5.82 Å². The highest BCUT2D eigenvalue weighted by Gasteiger charge is 2.29. The molecule has 1 aromatic carbocycles. The van der Waals surface area contributed by atoms with Crippen molar-refractivity contribution in [3.8, 4) is 17.9 Å². The first-order valence-corrected chi connectivity index (χ1v) is 9.10. The largest absolute Gasteiger partial charge is 0.506 e. The number of fused-ring (bicyclic) bond motifs is 1. The first-order valence-electron chi connectivity index (χ1n) is 7.52. The minimum absolute atomic E-state index is 0.112. The van der Waals surface area contributed by atoms with Crippen molar-refractivity contribution in [2.75, 3.05) is 5.73 Å². The van der Waals surface area contributed by atoms with Crippen LogP contribution in [0.2, 0.25) is 0 Å². The number of rotatable bonds is 1. The van der Waals surface area contributed by atoms with E-state index < -0.39 is 0 Å². The minimum atomic E-state index is 0.112. The Morgan fingerprint density at radius 2 is 1.77 bits per heavy atom. The molecule has 1 heterocycles. The molecular formula is C19H12Br2N4O. The Bertz CT molecular complexity index is 1090. The first kappa shape index (κ1) is 18.2. The van der Waals surface area contributed by atoms with Crippen molar-refractivity contribution in [2.45, 2.75) is 13.8 Å². The van der Waals surface area contributed by atoms with Crippen LogP contribution in [0.1, 0.15) is 34.9 Å². The molecule has 26 heavy (non-hydrogen) atoms. The number of allylic oxidation sites excluding steroid dienone is 3. The molecule has 0 spiro atoms. The van der Waals surface area contributed by atoms with E-state index in [1.807, 2.05) is 13.0 Å². The van der Waals surface area contributed by atoms with Gasteiger partial charge in [-0.05, 0) is 86.2 Å². The Morgan fingerprint density at radius 3 is 2.31 bits per heavy atom. The summed E-state index contributed by atoms with van der Waals surface area (Å²) in [6.07, 6.45) is 1.90. The molecule has 128 valence electrons. The van der Waals surface area contributed by atoms with Crippen LogP contribution in [0.25, 0.3) is 17.2 Å². The first-order chi connectivity index (χ1) is 12.3. The second-order valence-electron chi connectivity index (χ2n) is 5.84. The van der Waals surface area contributed by atoms with E-state index >= 15 is 0 Å². The van der Waals surface area contributed by atoms with Gasteiger partial charge in [0.15, 0.2) is 0 Å². The molecule has 1 aliphatic carbocycles. The van der Waals surface area contributed by atoms with E-state index in [0.717, 1.165) is 22.3 Å². The zero-order valence-electron chi connectivity index (χ0n) is 13.9. The van der Waals surface area contributed by atoms with Crippen LogP contribution in [0.5, 0.6) is 5.75 Å². The van der Waals surface area contributed by atoms with Gasteiger partial charge in [0.1, 0.15) is 23.7 Å². The Kier molecular flexibility index (Phi) is 4.62. The highest BCUT2D eigenvalue weighted by Crippen LogP contribution is 2.44. The second kappa shape index (κ2) is 6.60. The third kappa shape index (κ3) is 2.70. The summed E-state index contributed by atoms with van der Waals surface area (Å²) in [6.45, 7) is 3.65. The quantitative estimate of drug-likeness (QED) is 0.613. The van der Waals surface area contributed by atoms with Crippen molar-refractivity contribution in [3.63, 3.8) is 0 Å². The Labute approximate surface area is 167 Å². The molecule has 1 aliphatic rings. The predicted molar refractivity (Wildman–Crippen MR) is 108 cm³/mol. The van der Waals surface area contributed by atoms with E-state index in [1.54, 1.807) is 19.1 Å². The van der Waals surface area contributed by atoms with E-state index in [2.05, 4.69) is 49.0 Å². The van der Waals surface area contributed by atoms with Crippen molar-refractivity contribution < 1.29 is 5.11 Å². The SMILES string of the molecule is CC1=C(C#N)c2nc(N)c(C#N)c(C)c2C1=Cc1cc(Br)c(O)c(Br)c1. The molecule has 0 radical (unpaired) electrons. The fraction of sp³-hybridized carbons (Fsp3) is 0.105. The third-order valence-electron chi connectivity index (χ3n) is 4.33. The summed E-state index contributed by atoms with van der Waals surface area (Å²) >= 11 is 6.64. The number of phenols is 1. The lowest BCUT2D eigenvalue weighted by Gasteiger charge is -2.11. The average molecular weight is 472 g/mol. The molecule has 0 saturated carbocycles. The Morgan fingerprint density at radius 1 is 1.15 bits per heavy atom. The molecule has 3 N–H and O–H groups in total. The maximum Gasteiger partial charge on any atom is 0.143 e. The number of nitriles is 2. The molecule has 2 aromatic rings. The standard InChI is InChI=1S/C19H12Br2N4O/c1-8-11(3-10-4-14(20)18(26)15(21)5-10)16-9(2)13(7-23)19(24)25-17(16)12(8)6-22/h3-5,26H,1-2H3,(H2,24,25). The summed E-state index contributed by atoms with van der Waals surface area (Å²) in [6, 6.07) is 7.82. The smallest absolute Gasteiger partial charge is 0.143 e. The van der Waals surface area contributed by atoms with E-state index in [1.165, 1.54) is 0 Å². The third-order valence-corrected chi connectivity index (χ3v) is 5.54. The molecule has 0 aliphatic heterocycles. The number of pyridine rings is 1. The number of nitrogen functional groups attached to an aromatic ring is 1. The lowest BCUT2D eigenvalue weighted by Crippen LogP contribution is -2.03. The summed E-state index contributed by atoms with van der Waals surface area (Å²) in [5, 5.41) is 28.9. The topological polar surface area (TPSA) is 107 Å². The Hall–Kier alpha value is -2.61. The van der Waals surface area contributed by atoms with Crippen LogP contribution in [0, 0.1) is 29.6 Å². The number of halogens is 2. The minimum Gasteiger partial charge on any atom is -0.506 e. The zero-order valence-corrected chi connectivity index (χ0v) is 17.0. The molecule has 0 amide bonds. The van der Waals surface area contributed by atoms with Crippen LogP contribution in [0.15, 0.2) is 26.7 Å². The molecule has 0 atom stereocenters. The van der Waals surface area contributed by atoms with E-state index in [0.29, 0.717) is 31.3 Å². The molecule has 0 unspecified atom stereocenters. The number of benzene rings is 1. The summed E-state index contributed by atoms with van der Waals surface area (Å²) in [7, 11) is 0. The van der Waals surface area contributed by atoms with E-state index in [9.17, 15) is 15.6 Å². The van der Waals surface area contributed by atoms with E-state index in [4.69, 9.17) is 5.73 Å². The monoisotopic (exact) mass is 470 g/mol. The normalized spacial score (nSPS) is 14.3. The number of hydrogen-bond acceptors (Lipinski definition) is 5. The van der Waals surface area contributed by atoms with Gasteiger partial charge < -0.3 is 10.8 Å². The zero-order chi connectivity index (χ0) is 19.2. The van der Waals surface area contributed by atoms with Gasteiger partial charge in [0, 0.05) is 5.56 Å². The Balaban J connectivity index is 2.34. The number of aromatic nitrogens is 1. The molecule has 0 bridgehead atoms. The predicted octanol–water partition coefficient (Wildman–Crippen LogP) is 4.93. The summed E-state index contributed by atoms with van der Waals surface area (Å²) in [4.78, 5) is 4.30. The van der Waals surface area contributed by atoms with Crippen molar-refractivity contribution in [2.24, 2.45) is 0 Å². The molecule has 0 saturated heterocycles. The number of nitrogens with two attached hydrogens (primary N) is 1. The highest BCUT2D eigenvalue weighted by molar-refractivity contribution is 9.11. The average Bonchev–Trinajstić information content (AvgIpc) is 2.84. The second-order valence-corrected chi connectivity index (χ2v) is 7.54. The van der Waals surface area contributed by atoms with Gasteiger partial charge in [0.2, 0.25) is 0 Å². The van der Waals surface area contributed by atoms with Gasteiger partial charge in [-0.3, -0.25) is 0 Å². The van der Waals surface area contributed by atoms with Crippen LogP contribution in [-0.2, 0) is 0 Å². The number of hydrogen-bond donors (Lipinski definition) is 2. The van der Waals surface area contributed by atoms with Crippen molar-refractivity contribution in [1.82, 2.24) is 4.98 Å². The van der Waals surface area contributed by atoms with Gasteiger partial charge in [-0.25, -0.2) is 4.98 Å². The van der Waals surface area contributed by atoms with Crippen LogP contribution < -0.4 is 5.73 Å². The summed E-state index contributed by atoms with van der Waals surface area (Å²) in [5.74, 6) is 0.238. The van der Waals surface area contributed by atoms with Gasteiger partial charge in [-0.2, -0.15) is 10.5 Å². The lowest BCUT2D eigenvalue weighted by molar-refractivity contribution is 0.468. The highest BCUT2D eigenvalue weighted by atomic mass is 79.9. The molecule has 1 aromatic heterocycles. The molecular weight excluding hydrogens is 460 g/mol. The van der Waals surface area contributed by atoms with Gasteiger partial charge in [0.25, 0.3) is 0 Å². The number of phenolic OH excluding ortho intramolecular Hbond substituents is 1. The molecule has 7 heteroatoms. The van der Waals surface area contributed by atoms with E-state index in [-0.39, 0.29) is 11.6 Å². The maximum absolute atomic E-state index is 9.90. The number of anilines is 1. The fourth-order valence-electron chi connectivity index (χ4n) is 3.03. The van der Waals surface area contributed by atoms with Gasteiger partial charge in [-0.15, -0.1) is 0 Å². The molecule has 5 nitrogen and oxygen atoms in total. The van der Waals surface area contributed by atoms with Gasteiger partial charge >= 0.3 is 0 Å². The van der Waals surface area contributed by atoms with Gasteiger partial charge in [-0.1, -0.05) is 0 Å².